The molecule has 0 radical (unpaired) electrons. The van der Waals surface area contributed by atoms with Crippen molar-refractivity contribution in [3.8, 4) is 0 Å². The zero-order chi connectivity index (χ0) is 11.9. The molecule has 0 aliphatic carbocycles. The lowest BCUT2D eigenvalue weighted by molar-refractivity contribution is 0.218. The minimum Gasteiger partial charge on any atom is -0.395 e. The Balaban J connectivity index is 2.64. The summed E-state index contributed by atoms with van der Waals surface area (Å²) in [6.07, 6.45) is 0. The van der Waals surface area contributed by atoms with Crippen LogP contribution in [0.2, 0.25) is 0 Å². The number of imidazole rings is 1. The quantitative estimate of drug-likeness (QED) is 0.838. The fourth-order valence-corrected chi connectivity index (χ4v) is 1.82. The summed E-state index contributed by atoms with van der Waals surface area (Å²) in [5, 5.41) is 9.37. The summed E-state index contributed by atoms with van der Waals surface area (Å²) in [4.78, 5) is 4.46. The maximum absolute atomic E-state index is 9.37. The maximum atomic E-state index is 9.37. The van der Waals surface area contributed by atoms with Crippen LogP contribution in [-0.4, -0.2) is 21.3 Å². The van der Waals surface area contributed by atoms with Gasteiger partial charge in [0.15, 0.2) is 0 Å². The van der Waals surface area contributed by atoms with E-state index in [1.807, 2.05) is 40.0 Å². The van der Waals surface area contributed by atoms with Crippen LogP contribution in [0.1, 0.15) is 25.2 Å². The number of benzene rings is 1. The molecule has 0 bridgehead atoms. The summed E-state index contributed by atoms with van der Waals surface area (Å²) in [5.41, 5.74) is 3.08. The zero-order valence-electron chi connectivity index (χ0n) is 10.3. The first kappa shape index (κ1) is 11.1. The van der Waals surface area contributed by atoms with Crippen molar-refractivity contribution in [2.24, 2.45) is 7.05 Å². The largest absolute Gasteiger partial charge is 0.395 e. The highest BCUT2D eigenvalue weighted by molar-refractivity contribution is 5.77. The van der Waals surface area contributed by atoms with Gasteiger partial charge in [-0.25, -0.2) is 4.98 Å². The third-order valence-corrected chi connectivity index (χ3v) is 3.28. The third kappa shape index (κ3) is 1.61. The first-order chi connectivity index (χ1) is 7.45. The number of hydrogen-bond donors (Lipinski definition) is 1. The van der Waals surface area contributed by atoms with E-state index in [0.29, 0.717) is 0 Å². The number of nitrogens with zero attached hydrogens (tertiary/aromatic N) is 2. The second-order valence-electron chi connectivity index (χ2n) is 4.96. The molecule has 0 saturated carbocycles. The Morgan fingerprint density at radius 3 is 2.69 bits per heavy atom. The number of aliphatic hydroxyl groups is 1. The van der Waals surface area contributed by atoms with Crippen molar-refractivity contribution in [1.29, 1.82) is 0 Å². The van der Waals surface area contributed by atoms with Crippen molar-refractivity contribution in [2.75, 3.05) is 6.61 Å². The van der Waals surface area contributed by atoms with Crippen LogP contribution in [0, 0.1) is 6.92 Å². The molecule has 0 fully saturated rings. The van der Waals surface area contributed by atoms with E-state index in [9.17, 15) is 5.11 Å². The van der Waals surface area contributed by atoms with Gasteiger partial charge in [-0.3, -0.25) is 0 Å². The summed E-state index contributed by atoms with van der Waals surface area (Å²) in [7, 11) is 2.01. The van der Waals surface area contributed by atoms with Crippen LogP contribution in [-0.2, 0) is 12.5 Å². The fraction of sp³-hybridized carbons (Fsp3) is 0.462. The van der Waals surface area contributed by atoms with Crippen molar-refractivity contribution in [3.05, 3.63) is 29.6 Å². The average molecular weight is 218 g/mol. The second-order valence-corrected chi connectivity index (χ2v) is 4.96. The van der Waals surface area contributed by atoms with Gasteiger partial charge in [-0.2, -0.15) is 0 Å². The number of aryl methyl sites for hydroxylation is 2. The van der Waals surface area contributed by atoms with Crippen LogP contribution in [0.5, 0.6) is 0 Å². The Kier molecular flexibility index (Phi) is 2.50. The molecule has 0 unspecified atom stereocenters. The molecule has 86 valence electrons. The van der Waals surface area contributed by atoms with Gasteiger partial charge in [0.1, 0.15) is 5.82 Å². The molecule has 1 N–H and O–H groups in total. The Bertz CT molecular complexity index is 526. The minimum absolute atomic E-state index is 0.148. The summed E-state index contributed by atoms with van der Waals surface area (Å²) in [6.45, 7) is 6.22. The molecule has 2 aromatic rings. The number of aliphatic hydroxyl groups excluding tert-OH is 1. The summed E-state index contributed by atoms with van der Waals surface area (Å²) in [6, 6.07) is 6.19. The minimum atomic E-state index is -0.202. The highest BCUT2D eigenvalue weighted by atomic mass is 16.3. The van der Waals surface area contributed by atoms with Crippen LogP contribution in [0.4, 0.5) is 0 Å². The van der Waals surface area contributed by atoms with Crippen molar-refractivity contribution in [2.45, 2.75) is 26.2 Å². The van der Waals surface area contributed by atoms with E-state index >= 15 is 0 Å². The Morgan fingerprint density at radius 2 is 2.06 bits per heavy atom. The molecular formula is C13H18N2O. The molecule has 2 rings (SSSR count). The molecular weight excluding hydrogens is 200 g/mol. The van der Waals surface area contributed by atoms with Crippen molar-refractivity contribution < 1.29 is 5.11 Å². The lowest BCUT2D eigenvalue weighted by Crippen LogP contribution is -2.21. The molecule has 1 heterocycles. The van der Waals surface area contributed by atoms with Crippen LogP contribution in [0.3, 0.4) is 0 Å². The van der Waals surface area contributed by atoms with Crippen molar-refractivity contribution >= 4 is 11.0 Å². The zero-order valence-corrected chi connectivity index (χ0v) is 10.3. The average Bonchev–Trinajstić information content (AvgIpc) is 2.55. The molecule has 0 saturated heterocycles. The molecule has 3 nitrogen and oxygen atoms in total. The van der Waals surface area contributed by atoms with Gasteiger partial charge in [-0.05, 0) is 24.6 Å². The monoisotopic (exact) mass is 218 g/mol. The Labute approximate surface area is 95.7 Å². The van der Waals surface area contributed by atoms with Gasteiger partial charge in [-0.15, -0.1) is 0 Å². The number of aromatic nitrogens is 2. The predicted molar refractivity (Wildman–Crippen MR) is 65.6 cm³/mol. The van der Waals surface area contributed by atoms with E-state index < -0.39 is 0 Å². The first-order valence-electron chi connectivity index (χ1n) is 5.50. The van der Waals surface area contributed by atoms with Gasteiger partial charge in [0, 0.05) is 12.5 Å². The van der Waals surface area contributed by atoms with E-state index in [1.165, 1.54) is 0 Å². The summed E-state index contributed by atoms with van der Waals surface area (Å²) < 4.78 is 2.08. The topological polar surface area (TPSA) is 38.1 Å². The third-order valence-electron chi connectivity index (χ3n) is 3.28. The fourth-order valence-electron chi connectivity index (χ4n) is 1.82. The molecule has 0 aliphatic heterocycles. The van der Waals surface area contributed by atoms with Gasteiger partial charge in [0.2, 0.25) is 0 Å². The van der Waals surface area contributed by atoms with E-state index in [4.69, 9.17) is 0 Å². The molecule has 3 heteroatoms. The van der Waals surface area contributed by atoms with E-state index in [1.54, 1.807) is 0 Å². The summed E-state index contributed by atoms with van der Waals surface area (Å²) in [5.74, 6) is 1.01. The van der Waals surface area contributed by atoms with Gasteiger partial charge in [0.05, 0.1) is 17.6 Å². The van der Waals surface area contributed by atoms with Crippen LogP contribution in [0.25, 0.3) is 11.0 Å². The van der Waals surface area contributed by atoms with Gasteiger partial charge >= 0.3 is 0 Å². The molecule has 0 spiro atoms. The van der Waals surface area contributed by atoms with Crippen LogP contribution < -0.4 is 0 Å². The first-order valence-corrected chi connectivity index (χ1v) is 5.50. The lowest BCUT2D eigenvalue weighted by atomic mass is 9.85. The number of hydrogen-bond acceptors (Lipinski definition) is 2. The van der Waals surface area contributed by atoms with E-state index in [-0.39, 0.29) is 12.0 Å². The van der Waals surface area contributed by atoms with Crippen molar-refractivity contribution in [3.63, 3.8) is 0 Å². The lowest BCUT2D eigenvalue weighted by Gasteiger charge is -2.22. The molecule has 0 atom stereocenters. The molecule has 0 amide bonds. The van der Waals surface area contributed by atoms with Gasteiger partial charge in [-0.1, -0.05) is 19.9 Å². The SMILES string of the molecule is Cc1nc2ccc(C(C)(C)CO)cc2n1C. The second kappa shape index (κ2) is 3.59. The number of fused-ring (bicyclic) bond motifs is 1. The van der Waals surface area contributed by atoms with Crippen molar-refractivity contribution in [1.82, 2.24) is 9.55 Å². The smallest absolute Gasteiger partial charge is 0.106 e. The van der Waals surface area contributed by atoms with Crippen LogP contribution in [0.15, 0.2) is 18.2 Å². The standard InChI is InChI=1S/C13H18N2O/c1-9-14-11-6-5-10(13(2,3)8-16)7-12(11)15(9)4/h5-7,16H,8H2,1-4H3. The van der Waals surface area contributed by atoms with Gasteiger partial charge in [0.25, 0.3) is 0 Å². The normalized spacial score (nSPS) is 12.3. The highest BCUT2D eigenvalue weighted by Crippen LogP contribution is 2.26. The van der Waals surface area contributed by atoms with E-state index in [0.717, 1.165) is 22.4 Å². The molecule has 16 heavy (non-hydrogen) atoms. The van der Waals surface area contributed by atoms with E-state index in [2.05, 4.69) is 15.6 Å². The molecule has 1 aromatic heterocycles. The predicted octanol–water partition coefficient (Wildman–Crippen LogP) is 2.15. The van der Waals surface area contributed by atoms with Gasteiger partial charge < -0.3 is 9.67 Å². The Morgan fingerprint density at radius 1 is 1.38 bits per heavy atom. The molecule has 1 aromatic carbocycles. The highest BCUT2D eigenvalue weighted by Gasteiger charge is 2.20. The molecule has 0 aliphatic rings. The number of rotatable bonds is 2. The maximum Gasteiger partial charge on any atom is 0.106 e. The van der Waals surface area contributed by atoms with Crippen LogP contribution >= 0.6 is 0 Å². The summed E-state index contributed by atoms with van der Waals surface area (Å²) >= 11 is 0. The Hall–Kier alpha value is -1.35.